The van der Waals surface area contributed by atoms with Gasteiger partial charge in [0.15, 0.2) is 0 Å². The van der Waals surface area contributed by atoms with Gasteiger partial charge in [-0.05, 0) is 13.0 Å². The molecule has 1 aliphatic heterocycles. The fourth-order valence-corrected chi connectivity index (χ4v) is 5.48. The van der Waals surface area contributed by atoms with Crippen molar-refractivity contribution in [3.8, 4) is 5.75 Å². The zero-order valence-electron chi connectivity index (χ0n) is 18.1. The first kappa shape index (κ1) is 23.6. The topological polar surface area (TPSA) is 90.3 Å². The van der Waals surface area contributed by atoms with Gasteiger partial charge in [0.25, 0.3) is 6.43 Å². The summed E-state index contributed by atoms with van der Waals surface area (Å²) < 4.78 is 58.2. The van der Waals surface area contributed by atoms with Gasteiger partial charge in [0.05, 0.1) is 24.2 Å². The summed E-state index contributed by atoms with van der Waals surface area (Å²) in [5, 5.41) is 15.0. The Kier molecular flexibility index (Phi) is 6.69. The lowest BCUT2D eigenvalue weighted by Crippen LogP contribution is -2.37. The predicted octanol–water partition coefficient (Wildman–Crippen LogP) is 4.62. The van der Waals surface area contributed by atoms with Gasteiger partial charge in [0.2, 0.25) is 0 Å². The molecule has 0 saturated carbocycles. The van der Waals surface area contributed by atoms with Crippen molar-refractivity contribution in [3.05, 3.63) is 59.2 Å². The number of alkyl halides is 2. The van der Waals surface area contributed by atoms with Crippen LogP contribution < -0.4 is 10.1 Å². The van der Waals surface area contributed by atoms with Crippen LogP contribution in [0.15, 0.2) is 36.7 Å². The van der Waals surface area contributed by atoms with Crippen molar-refractivity contribution in [2.45, 2.75) is 37.8 Å². The molecule has 1 aromatic heterocycles. The van der Waals surface area contributed by atoms with Crippen LogP contribution in [-0.2, 0) is 16.8 Å². The van der Waals surface area contributed by atoms with Crippen molar-refractivity contribution in [3.63, 3.8) is 0 Å². The SMILES string of the molecule is COc1cc2ncnc(N[C@H](C)c3cccc(C(F)F)c3F)c2cc1C1(O)CC[S+]([O-])CC1. The number of anilines is 1. The molecule has 0 unspecified atom stereocenters. The van der Waals surface area contributed by atoms with Crippen molar-refractivity contribution in [2.24, 2.45) is 0 Å². The molecule has 2 N–H and O–H groups in total. The molecular formula is C23H24F3N3O3S. The Balaban J connectivity index is 1.74. The Morgan fingerprint density at radius 3 is 2.55 bits per heavy atom. The molecule has 176 valence electrons. The monoisotopic (exact) mass is 479 g/mol. The van der Waals surface area contributed by atoms with Crippen LogP contribution in [0.1, 0.15) is 48.9 Å². The summed E-state index contributed by atoms with van der Waals surface area (Å²) in [5.74, 6) is 0.612. The molecule has 6 nitrogen and oxygen atoms in total. The lowest BCUT2D eigenvalue weighted by molar-refractivity contribution is 0.0242. The Morgan fingerprint density at radius 2 is 1.88 bits per heavy atom. The van der Waals surface area contributed by atoms with Crippen LogP contribution in [0.5, 0.6) is 5.75 Å². The minimum atomic E-state index is -2.92. The van der Waals surface area contributed by atoms with Crippen LogP contribution in [0.4, 0.5) is 19.0 Å². The average Bonchev–Trinajstić information content (AvgIpc) is 2.80. The van der Waals surface area contributed by atoms with Gasteiger partial charge in [-0.1, -0.05) is 29.4 Å². The number of nitrogens with zero attached hydrogens (tertiary/aromatic N) is 2. The van der Waals surface area contributed by atoms with Crippen LogP contribution in [0.3, 0.4) is 0 Å². The van der Waals surface area contributed by atoms with Crippen LogP contribution in [0, 0.1) is 5.82 Å². The van der Waals surface area contributed by atoms with Crippen molar-refractivity contribution in [1.29, 1.82) is 0 Å². The lowest BCUT2D eigenvalue weighted by Gasteiger charge is -2.34. The third-order valence-corrected chi connectivity index (χ3v) is 7.38. The second-order valence-corrected chi connectivity index (χ2v) is 9.78. The average molecular weight is 480 g/mol. The smallest absolute Gasteiger partial charge is 0.266 e. The molecule has 4 rings (SSSR count). The number of hydrogen-bond donors (Lipinski definition) is 2. The van der Waals surface area contributed by atoms with E-state index < -0.39 is 40.6 Å². The minimum absolute atomic E-state index is 0.0849. The first-order chi connectivity index (χ1) is 15.7. The highest BCUT2D eigenvalue weighted by atomic mass is 32.2. The normalized spacial score (nSPS) is 21.9. The molecular weight excluding hydrogens is 455 g/mol. The van der Waals surface area contributed by atoms with Gasteiger partial charge >= 0.3 is 0 Å². The van der Waals surface area contributed by atoms with E-state index in [1.165, 1.54) is 25.6 Å². The van der Waals surface area contributed by atoms with E-state index >= 15 is 0 Å². The molecule has 0 spiro atoms. The third kappa shape index (κ3) is 4.60. The highest BCUT2D eigenvalue weighted by Crippen LogP contribution is 2.41. The Bertz CT molecular complexity index is 1160. The zero-order chi connectivity index (χ0) is 23.8. The molecule has 3 aromatic rings. The zero-order valence-corrected chi connectivity index (χ0v) is 19.0. The van der Waals surface area contributed by atoms with E-state index in [-0.39, 0.29) is 5.56 Å². The number of benzene rings is 2. The first-order valence-electron chi connectivity index (χ1n) is 10.5. The number of hydrogen-bond acceptors (Lipinski definition) is 6. The van der Waals surface area contributed by atoms with E-state index in [1.807, 2.05) is 0 Å². The van der Waals surface area contributed by atoms with Crippen LogP contribution in [0.2, 0.25) is 0 Å². The number of aliphatic hydroxyl groups is 1. The summed E-state index contributed by atoms with van der Waals surface area (Å²) in [5.41, 5.74) is -0.723. The second-order valence-electron chi connectivity index (χ2n) is 8.09. The summed E-state index contributed by atoms with van der Waals surface area (Å²) >= 11 is -0.964. The lowest BCUT2D eigenvalue weighted by atomic mass is 9.86. The molecule has 1 atom stereocenters. The maximum Gasteiger partial charge on any atom is 0.266 e. The summed E-state index contributed by atoms with van der Waals surface area (Å²) in [4.78, 5) is 8.54. The summed E-state index contributed by atoms with van der Waals surface area (Å²) in [6.07, 6.45) is -0.946. The number of fused-ring (bicyclic) bond motifs is 1. The van der Waals surface area contributed by atoms with Gasteiger partial charge in [-0.25, -0.2) is 23.1 Å². The van der Waals surface area contributed by atoms with E-state index in [2.05, 4.69) is 15.3 Å². The summed E-state index contributed by atoms with van der Waals surface area (Å²) in [6, 6.07) is 6.64. The van der Waals surface area contributed by atoms with E-state index in [4.69, 9.17) is 4.74 Å². The minimum Gasteiger partial charge on any atom is -0.616 e. The Labute approximate surface area is 192 Å². The summed E-state index contributed by atoms with van der Waals surface area (Å²) in [7, 11) is 1.50. The standard InChI is InChI=1S/C23H24F3N3O3S/c1-13(14-4-3-5-15(20(14)24)21(25)26)29-22-16-10-17(23(30)6-8-33(31)9-7-23)19(32-2)11-18(16)27-12-28-22/h3-5,10-13,21,30H,6-9H2,1-2H3,(H,27,28,29)/t13-,23?,33?/m1/s1. The highest BCUT2D eigenvalue weighted by molar-refractivity contribution is 7.91. The first-order valence-corrected chi connectivity index (χ1v) is 12.0. The molecule has 2 aromatic carbocycles. The van der Waals surface area contributed by atoms with Gasteiger partial charge in [0.1, 0.15) is 40.8 Å². The van der Waals surface area contributed by atoms with E-state index in [0.29, 0.717) is 52.4 Å². The molecule has 1 aliphatic rings. The number of halogens is 3. The molecule has 1 fully saturated rings. The summed E-state index contributed by atoms with van der Waals surface area (Å²) in [6.45, 7) is 1.65. The largest absolute Gasteiger partial charge is 0.616 e. The number of methoxy groups -OCH3 is 1. The van der Waals surface area contributed by atoms with Crippen molar-refractivity contribution >= 4 is 27.9 Å². The van der Waals surface area contributed by atoms with Crippen LogP contribution in [-0.4, -0.2) is 38.2 Å². The molecule has 10 heteroatoms. The third-order valence-electron chi connectivity index (χ3n) is 6.06. The number of aromatic nitrogens is 2. The van der Waals surface area contributed by atoms with E-state index in [1.54, 1.807) is 19.1 Å². The molecule has 1 saturated heterocycles. The number of ether oxygens (including phenoxy) is 1. The number of nitrogens with one attached hydrogen (secondary N) is 1. The maximum atomic E-state index is 14.7. The maximum absolute atomic E-state index is 14.7. The van der Waals surface area contributed by atoms with Gasteiger partial charge in [-0.2, -0.15) is 0 Å². The molecule has 33 heavy (non-hydrogen) atoms. The highest BCUT2D eigenvalue weighted by Gasteiger charge is 2.39. The quantitative estimate of drug-likeness (QED) is 0.502. The van der Waals surface area contributed by atoms with E-state index in [9.17, 15) is 22.8 Å². The van der Waals surface area contributed by atoms with Crippen molar-refractivity contribution in [2.75, 3.05) is 23.9 Å². The fraction of sp³-hybridized carbons (Fsp3) is 0.391. The second kappa shape index (κ2) is 9.36. The number of rotatable bonds is 6. The van der Waals surface area contributed by atoms with E-state index in [0.717, 1.165) is 6.07 Å². The Hall–Kier alpha value is -2.56. The molecule has 2 heterocycles. The van der Waals surface area contributed by atoms with Crippen LogP contribution >= 0.6 is 0 Å². The fourth-order valence-electron chi connectivity index (χ4n) is 4.15. The molecule has 0 radical (unpaired) electrons. The van der Waals surface area contributed by atoms with Crippen molar-refractivity contribution in [1.82, 2.24) is 9.97 Å². The molecule has 0 bridgehead atoms. The van der Waals surface area contributed by atoms with Crippen molar-refractivity contribution < 1.29 is 27.6 Å². The predicted molar refractivity (Wildman–Crippen MR) is 120 cm³/mol. The Morgan fingerprint density at radius 1 is 1.18 bits per heavy atom. The molecule has 0 aliphatic carbocycles. The van der Waals surface area contributed by atoms with Gasteiger partial charge < -0.3 is 19.7 Å². The van der Waals surface area contributed by atoms with Gasteiger partial charge in [-0.15, -0.1) is 0 Å². The molecule has 0 amide bonds. The van der Waals surface area contributed by atoms with Gasteiger partial charge in [0, 0.05) is 35.4 Å². The van der Waals surface area contributed by atoms with Crippen LogP contribution in [0.25, 0.3) is 10.9 Å². The van der Waals surface area contributed by atoms with Gasteiger partial charge in [-0.3, -0.25) is 0 Å².